The van der Waals surface area contributed by atoms with E-state index in [0.717, 1.165) is 6.07 Å². The van der Waals surface area contributed by atoms with Gasteiger partial charge in [-0.15, -0.1) is 0 Å². The molecule has 6 heteroatoms. The summed E-state index contributed by atoms with van der Waals surface area (Å²) in [5, 5.41) is 21.8. The molecule has 0 atom stereocenters. The van der Waals surface area contributed by atoms with Crippen LogP contribution < -0.4 is 5.32 Å². The Morgan fingerprint density at radius 1 is 1.30 bits per heavy atom. The van der Waals surface area contributed by atoms with Crippen LogP contribution in [-0.4, -0.2) is 15.2 Å². The van der Waals surface area contributed by atoms with Gasteiger partial charge < -0.3 is 15.5 Å². The molecule has 0 saturated heterocycles. The normalized spacial score (nSPS) is 10.6. The first-order valence-corrected chi connectivity index (χ1v) is 5.99. The number of nitrogens with zero attached hydrogens (tertiary/aromatic N) is 1. The predicted octanol–water partition coefficient (Wildman–Crippen LogP) is 2.48. The molecule has 0 radical (unpaired) electrons. The molecule has 1 aromatic heterocycles. The summed E-state index contributed by atoms with van der Waals surface area (Å²) >= 11 is 0. The van der Waals surface area contributed by atoms with Crippen molar-refractivity contribution in [2.24, 2.45) is 0 Å². The minimum absolute atomic E-state index is 0.0113. The highest BCUT2D eigenvalue weighted by Gasteiger charge is 2.13. The van der Waals surface area contributed by atoms with Crippen molar-refractivity contribution in [1.82, 2.24) is 4.98 Å². The molecule has 0 aliphatic carbocycles. The molecule has 4 nitrogen and oxygen atoms in total. The van der Waals surface area contributed by atoms with Crippen molar-refractivity contribution >= 4 is 5.69 Å². The summed E-state index contributed by atoms with van der Waals surface area (Å²) in [6.45, 7) is 1.36. The Labute approximate surface area is 114 Å². The molecule has 1 heterocycles. The Morgan fingerprint density at radius 2 is 2.05 bits per heavy atom. The molecule has 106 valence electrons. The van der Waals surface area contributed by atoms with E-state index in [4.69, 9.17) is 0 Å². The van der Waals surface area contributed by atoms with E-state index in [1.807, 2.05) is 0 Å². The van der Waals surface area contributed by atoms with Crippen molar-refractivity contribution in [1.29, 1.82) is 0 Å². The zero-order chi connectivity index (χ0) is 14.7. The molecule has 0 spiro atoms. The van der Waals surface area contributed by atoms with E-state index in [1.54, 1.807) is 6.92 Å². The fourth-order valence-electron chi connectivity index (χ4n) is 1.84. The molecule has 0 bridgehead atoms. The number of aromatic hydroxyl groups is 1. The number of halogens is 2. The maximum Gasteiger partial charge on any atom is 0.181 e. The van der Waals surface area contributed by atoms with Gasteiger partial charge in [-0.3, -0.25) is 4.98 Å². The monoisotopic (exact) mass is 280 g/mol. The van der Waals surface area contributed by atoms with Crippen LogP contribution in [0.5, 0.6) is 5.75 Å². The maximum atomic E-state index is 13.5. The van der Waals surface area contributed by atoms with Crippen LogP contribution in [0.1, 0.15) is 16.8 Å². The van der Waals surface area contributed by atoms with Gasteiger partial charge in [0.25, 0.3) is 0 Å². The standard InChI is InChI=1S/C14H14F2N2O2/c1-8-14(20)10(9(7-19)5-17-8)6-18-12-4-2-3-11(15)13(12)16/h2-5,18-20H,6-7H2,1H3. The van der Waals surface area contributed by atoms with Crippen LogP contribution >= 0.6 is 0 Å². The smallest absolute Gasteiger partial charge is 0.181 e. The molecule has 3 N–H and O–H groups in total. The van der Waals surface area contributed by atoms with Gasteiger partial charge >= 0.3 is 0 Å². The van der Waals surface area contributed by atoms with E-state index < -0.39 is 11.6 Å². The number of nitrogens with one attached hydrogen (secondary N) is 1. The van der Waals surface area contributed by atoms with Crippen LogP contribution in [0.15, 0.2) is 24.4 Å². The molecule has 0 saturated carbocycles. The molecular formula is C14H14F2N2O2. The SMILES string of the molecule is Cc1ncc(CO)c(CNc2cccc(F)c2F)c1O. The van der Waals surface area contributed by atoms with Gasteiger partial charge in [-0.05, 0) is 19.1 Å². The first kappa shape index (κ1) is 14.2. The second-order valence-electron chi connectivity index (χ2n) is 4.31. The highest BCUT2D eigenvalue weighted by molar-refractivity contribution is 5.48. The third-order valence-electron chi connectivity index (χ3n) is 3.01. The summed E-state index contributed by atoms with van der Waals surface area (Å²) in [5.41, 5.74) is 1.22. The lowest BCUT2D eigenvalue weighted by Crippen LogP contribution is -2.07. The average molecular weight is 280 g/mol. The van der Waals surface area contributed by atoms with Crippen LogP contribution in [0.3, 0.4) is 0 Å². The summed E-state index contributed by atoms with van der Waals surface area (Å²) in [6.07, 6.45) is 1.44. The Bertz CT molecular complexity index is 633. The molecule has 0 unspecified atom stereocenters. The molecular weight excluding hydrogens is 266 g/mol. The number of rotatable bonds is 4. The van der Waals surface area contributed by atoms with Crippen LogP contribution in [0.25, 0.3) is 0 Å². The van der Waals surface area contributed by atoms with E-state index in [-0.39, 0.29) is 24.6 Å². The van der Waals surface area contributed by atoms with Gasteiger partial charge in [0.2, 0.25) is 0 Å². The molecule has 0 aliphatic heterocycles. The number of hydrogen-bond donors (Lipinski definition) is 3. The minimum Gasteiger partial charge on any atom is -0.506 e. The van der Waals surface area contributed by atoms with Crippen molar-refractivity contribution in [3.05, 3.63) is 52.9 Å². The quantitative estimate of drug-likeness (QED) is 0.805. The van der Waals surface area contributed by atoms with Gasteiger partial charge in [0.15, 0.2) is 11.6 Å². The summed E-state index contributed by atoms with van der Waals surface area (Å²) < 4.78 is 26.6. The first-order valence-electron chi connectivity index (χ1n) is 5.99. The number of anilines is 1. The lowest BCUT2D eigenvalue weighted by molar-refractivity contribution is 0.279. The Kier molecular flexibility index (Phi) is 4.14. The summed E-state index contributed by atoms with van der Waals surface area (Å²) in [5.74, 6) is -2.00. The number of aliphatic hydroxyl groups excluding tert-OH is 1. The van der Waals surface area contributed by atoms with Crippen molar-refractivity contribution in [2.45, 2.75) is 20.1 Å². The Hall–Kier alpha value is -2.21. The van der Waals surface area contributed by atoms with E-state index in [0.29, 0.717) is 16.8 Å². The molecule has 0 amide bonds. The maximum absolute atomic E-state index is 13.5. The number of pyridine rings is 1. The van der Waals surface area contributed by atoms with Crippen molar-refractivity contribution in [2.75, 3.05) is 5.32 Å². The molecule has 2 rings (SSSR count). The van der Waals surface area contributed by atoms with E-state index >= 15 is 0 Å². The second-order valence-corrected chi connectivity index (χ2v) is 4.31. The van der Waals surface area contributed by atoms with Gasteiger partial charge in [-0.2, -0.15) is 0 Å². The summed E-state index contributed by atoms with van der Waals surface area (Å²) in [4.78, 5) is 3.92. The molecule has 20 heavy (non-hydrogen) atoms. The number of aliphatic hydroxyl groups is 1. The third kappa shape index (κ3) is 2.70. The fraction of sp³-hybridized carbons (Fsp3) is 0.214. The average Bonchev–Trinajstić information content (AvgIpc) is 2.44. The van der Waals surface area contributed by atoms with Crippen LogP contribution in [0.2, 0.25) is 0 Å². The fourth-order valence-corrected chi connectivity index (χ4v) is 1.84. The van der Waals surface area contributed by atoms with Crippen LogP contribution in [0, 0.1) is 18.6 Å². The Balaban J connectivity index is 2.27. The zero-order valence-corrected chi connectivity index (χ0v) is 10.8. The zero-order valence-electron chi connectivity index (χ0n) is 10.8. The highest BCUT2D eigenvalue weighted by atomic mass is 19.2. The number of benzene rings is 1. The molecule has 1 aromatic carbocycles. The molecule has 2 aromatic rings. The third-order valence-corrected chi connectivity index (χ3v) is 3.01. The van der Waals surface area contributed by atoms with Crippen LogP contribution in [0.4, 0.5) is 14.5 Å². The topological polar surface area (TPSA) is 65.4 Å². The number of aromatic nitrogens is 1. The second kappa shape index (κ2) is 5.83. The van der Waals surface area contributed by atoms with Crippen molar-refractivity contribution in [3.8, 4) is 5.75 Å². The summed E-state index contributed by atoms with van der Waals surface area (Å²) in [7, 11) is 0. The lowest BCUT2D eigenvalue weighted by Gasteiger charge is -2.13. The first-order chi connectivity index (χ1) is 9.54. The van der Waals surface area contributed by atoms with E-state index in [9.17, 15) is 19.0 Å². The largest absolute Gasteiger partial charge is 0.506 e. The van der Waals surface area contributed by atoms with E-state index in [2.05, 4.69) is 10.3 Å². The number of hydrogen-bond acceptors (Lipinski definition) is 4. The summed E-state index contributed by atoms with van der Waals surface area (Å²) in [6, 6.07) is 3.79. The molecule has 0 aliphatic rings. The van der Waals surface area contributed by atoms with Crippen LogP contribution in [-0.2, 0) is 13.2 Å². The minimum atomic E-state index is -0.983. The lowest BCUT2D eigenvalue weighted by atomic mass is 10.1. The highest BCUT2D eigenvalue weighted by Crippen LogP contribution is 2.25. The van der Waals surface area contributed by atoms with Crippen molar-refractivity contribution in [3.63, 3.8) is 0 Å². The Morgan fingerprint density at radius 3 is 2.75 bits per heavy atom. The van der Waals surface area contributed by atoms with Gasteiger partial charge in [0.1, 0.15) is 5.75 Å². The molecule has 0 fully saturated rings. The number of aryl methyl sites for hydroxylation is 1. The van der Waals surface area contributed by atoms with Gasteiger partial charge in [-0.25, -0.2) is 8.78 Å². The van der Waals surface area contributed by atoms with Crippen molar-refractivity contribution < 1.29 is 19.0 Å². The van der Waals surface area contributed by atoms with E-state index in [1.165, 1.54) is 18.3 Å². The van der Waals surface area contributed by atoms with Gasteiger partial charge in [-0.1, -0.05) is 6.07 Å². The predicted molar refractivity (Wildman–Crippen MR) is 70.2 cm³/mol. The van der Waals surface area contributed by atoms with Gasteiger partial charge in [0, 0.05) is 23.9 Å². The van der Waals surface area contributed by atoms with Gasteiger partial charge in [0.05, 0.1) is 18.0 Å².